The summed E-state index contributed by atoms with van der Waals surface area (Å²) in [5.41, 5.74) is 1.70. The quantitative estimate of drug-likeness (QED) is 0.566. The Kier molecular flexibility index (Phi) is 6.13. The zero-order chi connectivity index (χ0) is 24.7. The summed E-state index contributed by atoms with van der Waals surface area (Å²) in [6.07, 6.45) is -0.501. The first-order valence-corrected chi connectivity index (χ1v) is 11.9. The Morgan fingerprint density at radius 1 is 1.23 bits per heavy atom. The first-order chi connectivity index (χ1) is 16.7. The summed E-state index contributed by atoms with van der Waals surface area (Å²) < 4.78 is 44.1. The van der Waals surface area contributed by atoms with Crippen LogP contribution in [0.5, 0.6) is 0 Å². The van der Waals surface area contributed by atoms with E-state index in [-0.39, 0.29) is 35.4 Å². The van der Waals surface area contributed by atoms with Crippen molar-refractivity contribution in [1.29, 1.82) is 0 Å². The van der Waals surface area contributed by atoms with Gasteiger partial charge in [-0.2, -0.15) is 13.2 Å². The molecule has 0 saturated carbocycles. The minimum Gasteiger partial charge on any atom is -0.321 e. The summed E-state index contributed by atoms with van der Waals surface area (Å²) in [5, 5.41) is 11.3. The van der Waals surface area contributed by atoms with Crippen LogP contribution >= 0.6 is 0 Å². The molecule has 1 aromatic heterocycles. The highest BCUT2D eigenvalue weighted by atomic mass is 19.4. The smallest absolute Gasteiger partial charge is 0.321 e. The lowest BCUT2D eigenvalue weighted by Crippen LogP contribution is -2.28. The number of nitrogens with zero attached hydrogens (tertiary/aromatic N) is 4. The zero-order valence-corrected chi connectivity index (χ0v) is 19.8. The van der Waals surface area contributed by atoms with Gasteiger partial charge in [-0.15, -0.1) is 10.2 Å². The highest BCUT2D eigenvalue weighted by molar-refractivity contribution is 6.10. The van der Waals surface area contributed by atoms with Crippen LogP contribution in [0.1, 0.15) is 70.0 Å². The molecular formula is C26H28F3N5O. The molecule has 2 atom stereocenters. The number of carbonyl (C=O) groups excluding carboxylic acids is 1. The largest absolute Gasteiger partial charge is 0.416 e. The molecule has 0 bridgehead atoms. The lowest BCUT2D eigenvalue weighted by Gasteiger charge is -2.24. The standard InChI is InChI=1S/C26H28F3N5O/c1-16(9-24-32-31-15-33(24)2)17-5-3-7-20(10-17)34-14-22-21(25(34)35)11-19(12-23(22)26(27,28)29)18-6-4-8-30-13-18/h3,5,7,10-12,15-16,18,30H,4,6,8-9,13-14H2,1-2H3/t16-,18?/m1/s1. The molecule has 1 saturated heterocycles. The average Bonchev–Trinajstić information content (AvgIpc) is 3.41. The Labute approximate surface area is 202 Å². The fourth-order valence-corrected chi connectivity index (χ4v) is 5.15. The summed E-state index contributed by atoms with van der Waals surface area (Å²) in [4.78, 5) is 14.9. The van der Waals surface area contributed by atoms with Crippen LogP contribution in [0.4, 0.5) is 18.9 Å². The van der Waals surface area contributed by atoms with Crippen LogP contribution in [0.2, 0.25) is 0 Å². The molecule has 1 unspecified atom stereocenters. The van der Waals surface area contributed by atoms with Crippen LogP contribution in [0.15, 0.2) is 42.7 Å². The van der Waals surface area contributed by atoms with Crippen molar-refractivity contribution in [2.24, 2.45) is 7.05 Å². The molecule has 3 heterocycles. The number of amides is 1. The van der Waals surface area contributed by atoms with Gasteiger partial charge < -0.3 is 14.8 Å². The summed E-state index contributed by atoms with van der Waals surface area (Å²) >= 11 is 0. The first-order valence-electron chi connectivity index (χ1n) is 11.9. The predicted octanol–water partition coefficient (Wildman–Crippen LogP) is 4.81. The van der Waals surface area contributed by atoms with E-state index in [1.807, 2.05) is 29.8 Å². The van der Waals surface area contributed by atoms with Gasteiger partial charge in [0.2, 0.25) is 0 Å². The third-order valence-corrected chi connectivity index (χ3v) is 7.18. The maximum atomic E-state index is 14.1. The van der Waals surface area contributed by atoms with Gasteiger partial charge in [0.1, 0.15) is 12.2 Å². The molecule has 35 heavy (non-hydrogen) atoms. The van der Waals surface area contributed by atoms with Crippen molar-refractivity contribution in [3.8, 4) is 0 Å². The molecule has 184 valence electrons. The Bertz CT molecular complexity index is 1250. The van der Waals surface area contributed by atoms with E-state index in [0.717, 1.165) is 30.8 Å². The Morgan fingerprint density at radius 2 is 2.06 bits per heavy atom. The van der Waals surface area contributed by atoms with E-state index in [1.165, 1.54) is 11.0 Å². The molecule has 1 amide bonds. The maximum Gasteiger partial charge on any atom is 0.416 e. The van der Waals surface area contributed by atoms with Gasteiger partial charge in [0.15, 0.2) is 0 Å². The predicted molar refractivity (Wildman–Crippen MR) is 126 cm³/mol. The number of hydrogen-bond donors (Lipinski definition) is 1. The van der Waals surface area contributed by atoms with Gasteiger partial charge in [0, 0.05) is 31.3 Å². The van der Waals surface area contributed by atoms with Gasteiger partial charge >= 0.3 is 6.18 Å². The van der Waals surface area contributed by atoms with E-state index < -0.39 is 11.7 Å². The van der Waals surface area contributed by atoms with Gasteiger partial charge in [-0.3, -0.25) is 4.79 Å². The van der Waals surface area contributed by atoms with Crippen molar-refractivity contribution >= 4 is 11.6 Å². The summed E-state index contributed by atoms with van der Waals surface area (Å²) in [6.45, 7) is 3.46. The van der Waals surface area contributed by atoms with Crippen LogP contribution < -0.4 is 10.2 Å². The summed E-state index contributed by atoms with van der Waals surface area (Å²) in [7, 11) is 1.88. The number of carbonyl (C=O) groups is 1. The van der Waals surface area contributed by atoms with Crippen molar-refractivity contribution in [3.63, 3.8) is 0 Å². The normalized spacial score (nSPS) is 19.2. The second kappa shape index (κ2) is 9.11. The topological polar surface area (TPSA) is 63.1 Å². The molecule has 0 radical (unpaired) electrons. The highest BCUT2D eigenvalue weighted by Crippen LogP contribution is 2.41. The minimum atomic E-state index is -4.52. The third-order valence-electron chi connectivity index (χ3n) is 7.18. The number of fused-ring (bicyclic) bond motifs is 1. The van der Waals surface area contributed by atoms with E-state index in [1.54, 1.807) is 18.5 Å². The summed E-state index contributed by atoms with van der Waals surface area (Å²) in [6, 6.07) is 10.4. The van der Waals surface area contributed by atoms with Gasteiger partial charge in [-0.25, -0.2) is 0 Å². The fourth-order valence-electron chi connectivity index (χ4n) is 5.15. The number of halogens is 3. The Morgan fingerprint density at radius 3 is 2.74 bits per heavy atom. The maximum absolute atomic E-state index is 14.1. The molecule has 9 heteroatoms. The molecule has 0 spiro atoms. The number of rotatable bonds is 5. The lowest BCUT2D eigenvalue weighted by atomic mass is 9.87. The number of benzene rings is 2. The molecule has 5 rings (SSSR count). The molecule has 2 aliphatic heterocycles. The second-order valence-electron chi connectivity index (χ2n) is 9.59. The number of anilines is 1. The van der Waals surface area contributed by atoms with Crippen molar-refractivity contribution in [3.05, 3.63) is 76.4 Å². The minimum absolute atomic E-state index is 0.0261. The van der Waals surface area contributed by atoms with Crippen LogP contribution in [0, 0.1) is 0 Å². The van der Waals surface area contributed by atoms with Crippen molar-refractivity contribution < 1.29 is 18.0 Å². The number of alkyl halides is 3. The monoisotopic (exact) mass is 483 g/mol. The van der Waals surface area contributed by atoms with E-state index in [0.29, 0.717) is 24.2 Å². The van der Waals surface area contributed by atoms with E-state index in [2.05, 4.69) is 22.4 Å². The zero-order valence-electron chi connectivity index (χ0n) is 19.8. The number of aromatic nitrogens is 3. The molecule has 3 aromatic rings. The van der Waals surface area contributed by atoms with Crippen molar-refractivity contribution in [1.82, 2.24) is 20.1 Å². The second-order valence-corrected chi connectivity index (χ2v) is 9.59. The van der Waals surface area contributed by atoms with Gasteiger partial charge in [-0.05, 0) is 72.2 Å². The number of piperidine rings is 1. The lowest BCUT2D eigenvalue weighted by molar-refractivity contribution is -0.138. The van der Waals surface area contributed by atoms with Crippen LogP contribution in [0.25, 0.3) is 0 Å². The van der Waals surface area contributed by atoms with E-state index in [4.69, 9.17) is 0 Å². The molecule has 2 aromatic carbocycles. The number of nitrogens with one attached hydrogen (secondary N) is 1. The molecule has 0 aliphatic carbocycles. The Hall–Kier alpha value is -3.20. The first kappa shape index (κ1) is 23.5. The molecular weight excluding hydrogens is 455 g/mol. The fraction of sp³-hybridized carbons (Fsp3) is 0.423. The molecule has 6 nitrogen and oxygen atoms in total. The van der Waals surface area contributed by atoms with E-state index in [9.17, 15) is 18.0 Å². The van der Waals surface area contributed by atoms with E-state index >= 15 is 0 Å². The van der Waals surface area contributed by atoms with Gasteiger partial charge in [0.25, 0.3) is 5.91 Å². The van der Waals surface area contributed by atoms with Crippen molar-refractivity contribution in [2.45, 2.75) is 50.7 Å². The summed E-state index contributed by atoms with van der Waals surface area (Å²) in [5.74, 6) is 0.525. The molecule has 1 N–H and O–H groups in total. The van der Waals surface area contributed by atoms with Crippen LogP contribution in [0.3, 0.4) is 0 Å². The van der Waals surface area contributed by atoms with Gasteiger partial charge in [0.05, 0.1) is 12.1 Å². The van der Waals surface area contributed by atoms with Crippen LogP contribution in [-0.2, 0) is 26.2 Å². The number of hydrogen-bond acceptors (Lipinski definition) is 4. The number of aryl methyl sites for hydroxylation is 1. The highest BCUT2D eigenvalue weighted by Gasteiger charge is 2.41. The average molecular weight is 484 g/mol. The van der Waals surface area contributed by atoms with Crippen molar-refractivity contribution in [2.75, 3.05) is 18.0 Å². The van der Waals surface area contributed by atoms with Gasteiger partial charge in [-0.1, -0.05) is 19.1 Å². The SMILES string of the molecule is C[C@H](Cc1nncn1C)c1cccc(N2Cc3c(cc(C4CCCNC4)cc3C(F)(F)F)C2=O)c1. The molecule has 1 fully saturated rings. The third kappa shape index (κ3) is 4.57. The molecule has 2 aliphatic rings. The Balaban J connectivity index is 1.46. The van der Waals surface area contributed by atoms with Crippen LogP contribution in [-0.4, -0.2) is 33.8 Å².